The molecule has 1 fully saturated rings. The summed E-state index contributed by atoms with van der Waals surface area (Å²) in [6.07, 6.45) is 0.488. The molecule has 0 aromatic rings. The van der Waals surface area contributed by atoms with E-state index in [4.69, 9.17) is 32.7 Å². The van der Waals surface area contributed by atoms with Crippen LogP contribution in [0, 0.1) is 5.92 Å². The van der Waals surface area contributed by atoms with E-state index in [1.165, 1.54) is 0 Å². The highest BCUT2D eigenvalue weighted by Crippen LogP contribution is 2.53. The molecule has 1 aliphatic rings. The Morgan fingerprint density at radius 1 is 1.58 bits per heavy atom. The van der Waals surface area contributed by atoms with Crippen LogP contribution in [0.25, 0.3) is 0 Å². The normalized spacial score (nSPS) is 25.1. The van der Waals surface area contributed by atoms with Gasteiger partial charge in [0.2, 0.25) is 0 Å². The Labute approximate surface area is 80.9 Å². The molecule has 0 radical (unpaired) electrons. The topological polar surface area (TPSA) is 35.5 Å². The molecule has 70 valence electrons. The van der Waals surface area contributed by atoms with Crippen molar-refractivity contribution < 1.29 is 14.3 Å². The van der Waals surface area contributed by atoms with Crippen molar-refractivity contribution in [3.05, 3.63) is 0 Å². The van der Waals surface area contributed by atoms with Crippen molar-refractivity contribution in [2.24, 2.45) is 5.92 Å². The van der Waals surface area contributed by atoms with Crippen molar-refractivity contribution >= 4 is 29.2 Å². The Bertz CT molecular complexity index is 181. The second-order valence-corrected chi connectivity index (χ2v) is 4.22. The van der Waals surface area contributed by atoms with Gasteiger partial charge in [0.15, 0.2) is 0 Å². The summed E-state index contributed by atoms with van der Waals surface area (Å²) in [5.74, 6) is -0.685. The van der Waals surface area contributed by atoms with Gasteiger partial charge in [0.1, 0.15) is 10.9 Å². The number of carbonyl (C=O) groups excluding carboxylic acids is 1. The molecule has 1 aliphatic carbocycles. The zero-order valence-corrected chi connectivity index (χ0v) is 8.19. The molecule has 0 aliphatic heterocycles. The Morgan fingerprint density at radius 3 is 2.58 bits per heavy atom. The first-order chi connectivity index (χ1) is 5.58. The summed E-state index contributed by atoms with van der Waals surface area (Å²) in [7, 11) is 1.54. The van der Waals surface area contributed by atoms with Crippen molar-refractivity contribution in [2.75, 3.05) is 20.3 Å². The van der Waals surface area contributed by atoms with Gasteiger partial charge in [0.05, 0.1) is 12.5 Å². The van der Waals surface area contributed by atoms with Crippen LogP contribution in [0.3, 0.4) is 0 Å². The average molecular weight is 213 g/mol. The molecule has 12 heavy (non-hydrogen) atoms. The Kier molecular flexibility index (Phi) is 3.21. The molecule has 1 rings (SSSR count). The average Bonchev–Trinajstić information content (AvgIpc) is 2.60. The van der Waals surface area contributed by atoms with Gasteiger partial charge in [-0.1, -0.05) is 0 Å². The van der Waals surface area contributed by atoms with Crippen LogP contribution < -0.4 is 0 Å². The Hall–Kier alpha value is 0.01000. The van der Waals surface area contributed by atoms with Crippen LogP contribution >= 0.6 is 23.2 Å². The molecule has 0 saturated heterocycles. The van der Waals surface area contributed by atoms with E-state index >= 15 is 0 Å². The summed E-state index contributed by atoms with van der Waals surface area (Å²) in [6, 6.07) is 0. The van der Waals surface area contributed by atoms with Gasteiger partial charge in [-0.05, 0) is 6.42 Å². The van der Waals surface area contributed by atoms with Gasteiger partial charge in [-0.25, -0.2) is 0 Å². The first kappa shape index (κ1) is 10.1. The minimum atomic E-state index is -0.885. The smallest absolute Gasteiger partial charge is 0.312 e. The number of ether oxygens (including phenoxy) is 2. The summed E-state index contributed by atoms with van der Waals surface area (Å²) in [5, 5.41) is 0. The lowest BCUT2D eigenvalue weighted by Gasteiger charge is -2.02. The van der Waals surface area contributed by atoms with E-state index in [0.29, 0.717) is 13.0 Å². The fourth-order valence-electron chi connectivity index (χ4n) is 0.795. The predicted octanol–water partition coefficient (Wildman–Crippen LogP) is 1.37. The van der Waals surface area contributed by atoms with E-state index < -0.39 is 4.33 Å². The molecule has 1 unspecified atom stereocenters. The van der Waals surface area contributed by atoms with E-state index in [-0.39, 0.29) is 18.5 Å². The van der Waals surface area contributed by atoms with E-state index in [1.54, 1.807) is 7.11 Å². The first-order valence-electron chi connectivity index (χ1n) is 3.61. The maximum absolute atomic E-state index is 11.0. The molecule has 0 aromatic carbocycles. The van der Waals surface area contributed by atoms with Gasteiger partial charge < -0.3 is 9.47 Å². The SMILES string of the molecule is COCCOC(=O)C1CC1(Cl)Cl. The number of hydrogen-bond acceptors (Lipinski definition) is 3. The highest BCUT2D eigenvalue weighted by Gasteiger charge is 2.57. The van der Waals surface area contributed by atoms with Crippen LogP contribution in [0.1, 0.15) is 6.42 Å². The van der Waals surface area contributed by atoms with Crippen LogP contribution in [0.15, 0.2) is 0 Å². The third-order valence-corrected chi connectivity index (χ3v) is 2.48. The summed E-state index contributed by atoms with van der Waals surface area (Å²) in [6.45, 7) is 0.658. The van der Waals surface area contributed by atoms with Crippen LogP contribution in [0.5, 0.6) is 0 Å². The maximum atomic E-state index is 11.0. The first-order valence-corrected chi connectivity index (χ1v) is 4.37. The summed E-state index contributed by atoms with van der Waals surface area (Å²) < 4.78 is 8.63. The molecule has 0 aromatic heterocycles. The molecule has 0 N–H and O–H groups in total. The van der Waals surface area contributed by atoms with Crippen LogP contribution in [-0.2, 0) is 14.3 Å². The molecule has 0 amide bonds. The van der Waals surface area contributed by atoms with Gasteiger partial charge in [-0.2, -0.15) is 0 Å². The third kappa shape index (κ3) is 2.51. The van der Waals surface area contributed by atoms with Gasteiger partial charge in [0, 0.05) is 7.11 Å². The molecule has 0 spiro atoms. The summed E-state index contributed by atoms with van der Waals surface area (Å²) in [4.78, 5) is 11.0. The van der Waals surface area contributed by atoms with E-state index in [2.05, 4.69) is 0 Å². The molecule has 1 atom stereocenters. The van der Waals surface area contributed by atoms with Gasteiger partial charge in [-0.3, -0.25) is 4.79 Å². The fourth-order valence-corrected chi connectivity index (χ4v) is 1.28. The van der Waals surface area contributed by atoms with Gasteiger partial charge in [0.25, 0.3) is 0 Å². The predicted molar refractivity (Wildman–Crippen MR) is 45.4 cm³/mol. The number of rotatable bonds is 4. The molecular weight excluding hydrogens is 203 g/mol. The van der Waals surface area contributed by atoms with Crippen molar-refractivity contribution in [3.8, 4) is 0 Å². The monoisotopic (exact) mass is 212 g/mol. The Morgan fingerprint density at radius 2 is 2.17 bits per heavy atom. The molecule has 5 heteroatoms. The maximum Gasteiger partial charge on any atom is 0.312 e. The quantitative estimate of drug-likeness (QED) is 0.402. The minimum absolute atomic E-state index is 0.260. The molecular formula is C7H10Cl2O3. The molecule has 1 saturated carbocycles. The third-order valence-electron chi connectivity index (χ3n) is 1.64. The zero-order valence-electron chi connectivity index (χ0n) is 6.68. The van der Waals surface area contributed by atoms with Crippen molar-refractivity contribution in [2.45, 2.75) is 10.8 Å². The standard InChI is InChI=1S/C7H10Cl2O3/c1-11-2-3-12-6(10)5-4-7(5,8)9/h5H,2-4H2,1H3. The lowest BCUT2D eigenvalue weighted by molar-refractivity contribution is -0.146. The van der Waals surface area contributed by atoms with Gasteiger partial charge >= 0.3 is 5.97 Å². The zero-order chi connectivity index (χ0) is 9.19. The number of carbonyl (C=O) groups is 1. The van der Waals surface area contributed by atoms with Gasteiger partial charge in [-0.15, -0.1) is 23.2 Å². The fraction of sp³-hybridized carbons (Fsp3) is 0.857. The second kappa shape index (κ2) is 3.81. The van der Waals surface area contributed by atoms with Crippen LogP contribution in [0.2, 0.25) is 0 Å². The Balaban J connectivity index is 2.14. The molecule has 3 nitrogen and oxygen atoms in total. The van der Waals surface area contributed by atoms with E-state index in [9.17, 15) is 4.79 Å². The number of hydrogen-bond donors (Lipinski definition) is 0. The van der Waals surface area contributed by atoms with Crippen molar-refractivity contribution in [3.63, 3.8) is 0 Å². The van der Waals surface area contributed by atoms with Crippen LogP contribution in [0.4, 0.5) is 0 Å². The van der Waals surface area contributed by atoms with E-state index in [1.807, 2.05) is 0 Å². The minimum Gasteiger partial charge on any atom is -0.463 e. The molecule has 0 bridgehead atoms. The molecule has 0 heterocycles. The highest BCUT2D eigenvalue weighted by molar-refractivity contribution is 6.52. The number of halogens is 2. The van der Waals surface area contributed by atoms with Crippen molar-refractivity contribution in [1.29, 1.82) is 0 Å². The second-order valence-electron chi connectivity index (χ2n) is 2.68. The van der Waals surface area contributed by atoms with Crippen LogP contribution in [-0.4, -0.2) is 30.6 Å². The van der Waals surface area contributed by atoms with E-state index in [0.717, 1.165) is 0 Å². The lowest BCUT2D eigenvalue weighted by Crippen LogP contribution is -2.13. The number of methoxy groups -OCH3 is 1. The summed E-state index contributed by atoms with van der Waals surface area (Å²) in [5.41, 5.74) is 0. The largest absolute Gasteiger partial charge is 0.463 e. The number of alkyl halides is 2. The highest BCUT2D eigenvalue weighted by atomic mass is 35.5. The van der Waals surface area contributed by atoms with Crippen molar-refractivity contribution in [1.82, 2.24) is 0 Å². The number of esters is 1. The lowest BCUT2D eigenvalue weighted by atomic mass is 10.4. The summed E-state index contributed by atoms with van der Waals surface area (Å²) >= 11 is 11.3.